The van der Waals surface area contributed by atoms with Crippen LogP contribution in [0.1, 0.15) is 51.0 Å². The zero-order chi connectivity index (χ0) is 33.2. The van der Waals surface area contributed by atoms with Gasteiger partial charge < -0.3 is 47.2 Å². The van der Waals surface area contributed by atoms with E-state index in [1.54, 1.807) is 0 Å². The molecule has 0 fully saturated rings. The third kappa shape index (κ3) is 31.2. The first-order valence-corrected chi connectivity index (χ1v) is 17.8. The lowest BCUT2D eigenvalue weighted by molar-refractivity contribution is -0.0241. The second-order valence-electron chi connectivity index (χ2n) is 10.1. The van der Waals surface area contributed by atoms with E-state index in [2.05, 4.69) is 29.3 Å². The van der Waals surface area contributed by atoms with E-state index in [-0.39, 0.29) is 19.8 Å². The molecule has 1 aromatic carbocycles. The standard InChI is InChI=1S/C32H58O13S/c1-2-3-4-5-6-7-9-31-10-8-11-32(30-31)44-28-26-42-24-22-40-20-18-38-16-14-36-12-13-37-15-17-39-19-21-41-23-25-43-27-29-45-46(33,34)35/h8,10-11,30H,2-7,9,12-29H2,1H3,(H,33,34,35)/p-1. The molecule has 46 heavy (non-hydrogen) atoms. The van der Waals surface area contributed by atoms with E-state index in [0.29, 0.717) is 99.1 Å². The topological polar surface area (TPSA) is 150 Å². The van der Waals surface area contributed by atoms with Crippen LogP contribution < -0.4 is 4.74 Å². The van der Waals surface area contributed by atoms with Gasteiger partial charge in [0.05, 0.1) is 112 Å². The number of hydrogen-bond acceptors (Lipinski definition) is 13. The molecule has 0 saturated heterocycles. The Morgan fingerprint density at radius 1 is 0.522 bits per heavy atom. The molecule has 0 saturated carbocycles. The fourth-order valence-corrected chi connectivity index (χ4v) is 4.23. The quantitative estimate of drug-likeness (QED) is 0.0578. The van der Waals surface area contributed by atoms with Gasteiger partial charge in [0.1, 0.15) is 12.4 Å². The molecule has 1 rings (SSSR count). The van der Waals surface area contributed by atoms with Crippen molar-refractivity contribution in [2.24, 2.45) is 0 Å². The first kappa shape index (κ1) is 42.6. The van der Waals surface area contributed by atoms with Crippen LogP contribution in [0.3, 0.4) is 0 Å². The summed E-state index contributed by atoms with van der Waals surface area (Å²) in [5.74, 6) is 0.898. The lowest BCUT2D eigenvalue weighted by Crippen LogP contribution is -2.15. The highest BCUT2D eigenvalue weighted by Crippen LogP contribution is 2.16. The third-order valence-corrected chi connectivity index (χ3v) is 6.73. The van der Waals surface area contributed by atoms with Gasteiger partial charge >= 0.3 is 0 Å². The molecule has 13 nitrogen and oxygen atoms in total. The number of hydrogen-bond donors (Lipinski definition) is 0. The van der Waals surface area contributed by atoms with Crippen molar-refractivity contribution in [1.29, 1.82) is 0 Å². The maximum Gasteiger partial charge on any atom is 0.217 e. The van der Waals surface area contributed by atoms with Gasteiger partial charge in [0, 0.05) is 0 Å². The van der Waals surface area contributed by atoms with Crippen LogP contribution in [-0.2, 0) is 58.9 Å². The molecule has 0 aliphatic carbocycles. The predicted octanol–water partition coefficient (Wildman–Crippen LogP) is 3.58. The Morgan fingerprint density at radius 2 is 0.913 bits per heavy atom. The smallest absolute Gasteiger partial charge is 0.217 e. The summed E-state index contributed by atoms with van der Waals surface area (Å²) in [6, 6.07) is 8.36. The second kappa shape index (κ2) is 32.1. The fraction of sp³-hybridized carbons (Fsp3) is 0.812. The number of aryl methyl sites for hydroxylation is 1. The molecule has 0 aromatic heterocycles. The van der Waals surface area contributed by atoms with Crippen molar-refractivity contribution in [1.82, 2.24) is 0 Å². The Bertz CT molecular complexity index is 889. The molecule has 0 radical (unpaired) electrons. The van der Waals surface area contributed by atoms with Gasteiger partial charge in [-0.2, -0.15) is 0 Å². The van der Waals surface area contributed by atoms with Gasteiger partial charge in [-0.05, 0) is 30.5 Å². The molecule has 0 heterocycles. The largest absolute Gasteiger partial charge is 0.726 e. The van der Waals surface area contributed by atoms with Gasteiger partial charge in [0.15, 0.2) is 0 Å². The molecule has 1 aromatic rings. The van der Waals surface area contributed by atoms with E-state index in [1.807, 2.05) is 6.07 Å². The van der Waals surface area contributed by atoms with Crippen molar-refractivity contribution in [2.75, 3.05) is 119 Å². The first-order valence-electron chi connectivity index (χ1n) is 16.4. The highest BCUT2D eigenvalue weighted by Gasteiger charge is 2.00. The van der Waals surface area contributed by atoms with Gasteiger partial charge in [0.2, 0.25) is 10.4 Å². The van der Waals surface area contributed by atoms with Gasteiger partial charge in [-0.3, -0.25) is 4.18 Å². The van der Waals surface area contributed by atoms with Gasteiger partial charge in [-0.15, -0.1) is 0 Å². The van der Waals surface area contributed by atoms with Crippen molar-refractivity contribution < 1.29 is 59.8 Å². The lowest BCUT2D eigenvalue weighted by Gasteiger charge is -2.10. The highest BCUT2D eigenvalue weighted by molar-refractivity contribution is 7.80. The fourth-order valence-electron chi connectivity index (χ4n) is 3.96. The average Bonchev–Trinajstić information content (AvgIpc) is 3.03. The van der Waals surface area contributed by atoms with Crippen molar-refractivity contribution in [3.63, 3.8) is 0 Å². The van der Waals surface area contributed by atoms with Crippen LogP contribution in [-0.4, -0.2) is 132 Å². The Kier molecular flexibility index (Phi) is 29.8. The first-order chi connectivity index (χ1) is 22.5. The minimum Gasteiger partial charge on any atom is -0.726 e. The van der Waals surface area contributed by atoms with E-state index in [4.69, 9.17) is 42.6 Å². The number of ether oxygens (including phenoxy) is 9. The Balaban J connectivity index is 1.73. The monoisotopic (exact) mass is 681 g/mol. The Morgan fingerprint density at radius 3 is 1.35 bits per heavy atom. The highest BCUT2D eigenvalue weighted by atomic mass is 32.3. The molecule has 0 atom stereocenters. The normalized spacial score (nSPS) is 11.8. The van der Waals surface area contributed by atoms with Crippen LogP contribution in [0.4, 0.5) is 0 Å². The Hall–Kier alpha value is -1.43. The molecule has 0 aliphatic rings. The minimum atomic E-state index is -4.67. The van der Waals surface area contributed by atoms with Crippen molar-refractivity contribution in [3.8, 4) is 5.75 Å². The summed E-state index contributed by atoms with van der Waals surface area (Å²) in [6.07, 6.45) is 8.93. The van der Waals surface area contributed by atoms with Crippen molar-refractivity contribution >= 4 is 10.4 Å². The zero-order valence-corrected chi connectivity index (χ0v) is 28.5. The van der Waals surface area contributed by atoms with Gasteiger partial charge in [-0.1, -0.05) is 51.2 Å². The molecular formula is C32H57O13S-. The second-order valence-corrected chi connectivity index (χ2v) is 11.2. The molecule has 0 aliphatic heterocycles. The molecule has 0 amide bonds. The van der Waals surface area contributed by atoms with Crippen LogP contribution in [0.5, 0.6) is 5.75 Å². The van der Waals surface area contributed by atoms with Crippen LogP contribution in [0.25, 0.3) is 0 Å². The zero-order valence-electron chi connectivity index (χ0n) is 27.7. The summed E-state index contributed by atoms with van der Waals surface area (Å²) in [4.78, 5) is 0. The van der Waals surface area contributed by atoms with E-state index >= 15 is 0 Å². The van der Waals surface area contributed by atoms with Crippen LogP contribution in [0.2, 0.25) is 0 Å². The summed E-state index contributed by atoms with van der Waals surface area (Å²) in [5.41, 5.74) is 1.33. The van der Waals surface area contributed by atoms with E-state index < -0.39 is 10.4 Å². The number of benzene rings is 1. The van der Waals surface area contributed by atoms with Crippen LogP contribution >= 0.6 is 0 Å². The summed E-state index contributed by atoms with van der Waals surface area (Å²) in [5, 5.41) is 0. The van der Waals surface area contributed by atoms with E-state index in [1.165, 1.54) is 44.1 Å². The molecule has 0 bridgehead atoms. The molecular weight excluding hydrogens is 624 g/mol. The van der Waals surface area contributed by atoms with Crippen molar-refractivity contribution in [3.05, 3.63) is 29.8 Å². The van der Waals surface area contributed by atoms with E-state index in [9.17, 15) is 13.0 Å². The maximum absolute atomic E-state index is 10.2. The minimum absolute atomic E-state index is 0.00562. The number of rotatable bonds is 36. The molecule has 0 N–H and O–H groups in total. The lowest BCUT2D eigenvalue weighted by atomic mass is 10.0. The molecule has 270 valence electrons. The maximum atomic E-state index is 10.2. The summed E-state index contributed by atoms with van der Waals surface area (Å²) < 4.78 is 83.7. The predicted molar refractivity (Wildman–Crippen MR) is 171 cm³/mol. The van der Waals surface area contributed by atoms with Crippen LogP contribution in [0.15, 0.2) is 24.3 Å². The summed E-state index contributed by atoms with van der Waals surface area (Å²) in [7, 11) is -4.67. The van der Waals surface area contributed by atoms with E-state index in [0.717, 1.165) is 12.2 Å². The average molecular weight is 682 g/mol. The molecule has 0 spiro atoms. The van der Waals surface area contributed by atoms with Crippen molar-refractivity contribution in [2.45, 2.75) is 51.9 Å². The van der Waals surface area contributed by atoms with Crippen LogP contribution in [0, 0.1) is 0 Å². The van der Waals surface area contributed by atoms with Gasteiger partial charge in [-0.25, -0.2) is 8.42 Å². The Labute approximate surface area is 276 Å². The third-order valence-electron chi connectivity index (χ3n) is 6.27. The van der Waals surface area contributed by atoms with Gasteiger partial charge in [0.25, 0.3) is 0 Å². The summed E-state index contributed by atoms with van der Waals surface area (Å²) in [6.45, 7) is 9.16. The SMILES string of the molecule is CCCCCCCCc1cccc(OCCOCCOCCOCCOCCOCCOCCOCCOCCOS(=O)(=O)[O-])c1. The molecule has 0 unspecified atom stereocenters. The number of unbranched alkanes of at least 4 members (excludes halogenated alkanes) is 5. The molecule has 14 heteroatoms. The summed E-state index contributed by atoms with van der Waals surface area (Å²) >= 11 is 0.